The maximum Gasteiger partial charge on any atom is 0.242 e. The van der Waals surface area contributed by atoms with E-state index < -0.39 is 22.0 Å². The van der Waals surface area contributed by atoms with E-state index in [1.807, 2.05) is 0 Å². The molecule has 0 aliphatic rings. The average Bonchev–Trinajstić information content (AvgIpc) is 2.45. The molecular formula is C13H21N3O4S. The van der Waals surface area contributed by atoms with Gasteiger partial charge >= 0.3 is 0 Å². The van der Waals surface area contributed by atoms with Crippen molar-refractivity contribution in [3.05, 3.63) is 29.8 Å². The number of hydrogen-bond donors (Lipinski definition) is 2. The fourth-order valence-corrected chi connectivity index (χ4v) is 2.78. The molecule has 0 heterocycles. The lowest BCUT2D eigenvalue weighted by atomic mass is 10.2. The predicted molar refractivity (Wildman–Crippen MR) is 79.0 cm³/mol. The Kier molecular flexibility index (Phi) is 6.28. The van der Waals surface area contributed by atoms with Crippen LogP contribution >= 0.6 is 0 Å². The van der Waals surface area contributed by atoms with E-state index in [2.05, 4.69) is 5.32 Å². The van der Waals surface area contributed by atoms with E-state index in [1.165, 1.54) is 27.3 Å². The zero-order valence-corrected chi connectivity index (χ0v) is 13.2. The molecule has 7 nitrogen and oxygen atoms in total. The van der Waals surface area contributed by atoms with Crippen LogP contribution < -0.4 is 11.1 Å². The van der Waals surface area contributed by atoms with Crippen molar-refractivity contribution in [3.8, 4) is 0 Å². The lowest BCUT2D eigenvalue weighted by molar-refractivity contribution is -0.123. The van der Waals surface area contributed by atoms with Crippen LogP contribution in [0.4, 0.5) is 0 Å². The van der Waals surface area contributed by atoms with Crippen molar-refractivity contribution in [2.75, 3.05) is 27.8 Å². The van der Waals surface area contributed by atoms with Gasteiger partial charge in [-0.05, 0) is 11.6 Å². The number of ether oxygens (including phenoxy) is 1. The topological polar surface area (TPSA) is 102 Å². The molecule has 1 unspecified atom stereocenters. The molecule has 21 heavy (non-hydrogen) atoms. The van der Waals surface area contributed by atoms with E-state index in [4.69, 9.17) is 10.5 Å². The van der Waals surface area contributed by atoms with Gasteiger partial charge in [-0.2, -0.15) is 0 Å². The first-order valence-electron chi connectivity index (χ1n) is 6.33. The van der Waals surface area contributed by atoms with Crippen LogP contribution in [0.25, 0.3) is 0 Å². The first-order valence-corrected chi connectivity index (χ1v) is 7.77. The van der Waals surface area contributed by atoms with Crippen LogP contribution in [0, 0.1) is 0 Å². The fraction of sp³-hybridized carbons (Fsp3) is 0.462. The van der Waals surface area contributed by atoms with Gasteiger partial charge in [-0.15, -0.1) is 0 Å². The highest BCUT2D eigenvalue weighted by Gasteiger charge is 2.21. The summed E-state index contributed by atoms with van der Waals surface area (Å²) >= 11 is 0. The van der Waals surface area contributed by atoms with E-state index in [9.17, 15) is 13.2 Å². The number of nitrogens with two attached hydrogens (primary N) is 1. The van der Waals surface area contributed by atoms with Gasteiger partial charge in [0, 0.05) is 27.7 Å². The van der Waals surface area contributed by atoms with Crippen LogP contribution in [0.5, 0.6) is 0 Å². The summed E-state index contributed by atoms with van der Waals surface area (Å²) in [6.07, 6.45) is 0. The Labute approximate surface area is 125 Å². The molecule has 0 aliphatic heterocycles. The number of sulfonamides is 1. The predicted octanol–water partition coefficient (Wildman–Crippen LogP) is -0.473. The van der Waals surface area contributed by atoms with Gasteiger partial charge in [0.15, 0.2) is 0 Å². The first kappa shape index (κ1) is 17.6. The standard InChI is InChI=1S/C13H21N3O4S/c1-16(2)21(18,19)12-7-5-4-6-10(12)8-15-13(17)11(14)9-20-3/h4-7,11H,8-9,14H2,1-3H3,(H,15,17). The molecule has 1 amide bonds. The molecule has 0 radical (unpaired) electrons. The summed E-state index contributed by atoms with van der Waals surface area (Å²) in [7, 11) is 0.806. The Morgan fingerprint density at radius 1 is 1.38 bits per heavy atom. The third kappa shape index (κ3) is 4.50. The number of carbonyl (C=O) groups is 1. The van der Waals surface area contributed by atoms with Gasteiger partial charge in [0.25, 0.3) is 0 Å². The molecule has 1 aromatic rings. The number of nitrogens with one attached hydrogen (secondary N) is 1. The molecule has 118 valence electrons. The normalized spacial score (nSPS) is 13.2. The Morgan fingerprint density at radius 3 is 2.57 bits per heavy atom. The second kappa shape index (κ2) is 7.51. The lowest BCUT2D eigenvalue weighted by Gasteiger charge is -2.16. The Bertz CT molecular complexity index is 587. The quantitative estimate of drug-likeness (QED) is 0.708. The lowest BCUT2D eigenvalue weighted by Crippen LogP contribution is -2.43. The zero-order chi connectivity index (χ0) is 16.0. The van der Waals surface area contributed by atoms with Crippen molar-refractivity contribution in [2.24, 2.45) is 5.73 Å². The number of methoxy groups -OCH3 is 1. The van der Waals surface area contributed by atoms with Crippen molar-refractivity contribution in [1.29, 1.82) is 0 Å². The van der Waals surface area contributed by atoms with Crippen LogP contribution in [-0.2, 0) is 26.1 Å². The van der Waals surface area contributed by atoms with E-state index in [1.54, 1.807) is 18.2 Å². The number of amides is 1. The highest BCUT2D eigenvalue weighted by Crippen LogP contribution is 2.18. The van der Waals surface area contributed by atoms with Crippen molar-refractivity contribution in [1.82, 2.24) is 9.62 Å². The number of hydrogen-bond acceptors (Lipinski definition) is 5. The first-order chi connectivity index (χ1) is 9.80. The van der Waals surface area contributed by atoms with E-state index >= 15 is 0 Å². The highest BCUT2D eigenvalue weighted by molar-refractivity contribution is 7.89. The molecule has 0 fully saturated rings. The van der Waals surface area contributed by atoms with Crippen molar-refractivity contribution < 1.29 is 17.9 Å². The van der Waals surface area contributed by atoms with E-state index in [0.717, 1.165) is 4.31 Å². The van der Waals surface area contributed by atoms with Crippen molar-refractivity contribution >= 4 is 15.9 Å². The third-order valence-electron chi connectivity index (χ3n) is 2.87. The van der Waals surface area contributed by atoms with Gasteiger partial charge in [-0.1, -0.05) is 18.2 Å². The SMILES string of the molecule is COCC(N)C(=O)NCc1ccccc1S(=O)(=O)N(C)C. The number of rotatable bonds is 7. The molecule has 0 aromatic heterocycles. The summed E-state index contributed by atoms with van der Waals surface area (Å²) in [6, 6.07) is 5.72. The molecular weight excluding hydrogens is 294 g/mol. The minimum absolute atomic E-state index is 0.0828. The maximum atomic E-state index is 12.2. The summed E-state index contributed by atoms with van der Waals surface area (Å²) in [6.45, 7) is 0.183. The number of benzene rings is 1. The van der Waals surface area contributed by atoms with Gasteiger partial charge in [-0.25, -0.2) is 12.7 Å². The smallest absolute Gasteiger partial charge is 0.242 e. The van der Waals surface area contributed by atoms with E-state index in [0.29, 0.717) is 5.56 Å². The largest absolute Gasteiger partial charge is 0.383 e. The van der Waals surface area contributed by atoms with E-state index in [-0.39, 0.29) is 18.0 Å². The Hall–Kier alpha value is -1.48. The third-order valence-corrected chi connectivity index (χ3v) is 4.78. The molecule has 0 saturated carbocycles. The van der Waals surface area contributed by atoms with Crippen molar-refractivity contribution in [2.45, 2.75) is 17.5 Å². The van der Waals surface area contributed by atoms with Crippen molar-refractivity contribution in [3.63, 3.8) is 0 Å². The Morgan fingerprint density at radius 2 is 2.00 bits per heavy atom. The van der Waals surface area contributed by atoms with Gasteiger partial charge < -0.3 is 15.8 Å². The average molecular weight is 315 g/mol. The zero-order valence-electron chi connectivity index (χ0n) is 12.4. The number of carbonyl (C=O) groups excluding carboxylic acids is 1. The molecule has 1 rings (SSSR count). The molecule has 1 atom stereocenters. The maximum absolute atomic E-state index is 12.2. The molecule has 0 aliphatic carbocycles. The van der Waals surface area contributed by atoms with Gasteiger partial charge in [0.2, 0.25) is 15.9 Å². The Balaban J connectivity index is 2.89. The second-order valence-electron chi connectivity index (χ2n) is 4.67. The second-order valence-corrected chi connectivity index (χ2v) is 6.80. The van der Waals surface area contributed by atoms with Crippen LogP contribution in [0.15, 0.2) is 29.2 Å². The molecule has 0 saturated heterocycles. The summed E-state index contributed by atoms with van der Waals surface area (Å²) in [4.78, 5) is 11.9. The summed E-state index contributed by atoms with van der Waals surface area (Å²) in [5.41, 5.74) is 6.10. The van der Waals surface area contributed by atoms with Gasteiger partial charge in [-0.3, -0.25) is 4.79 Å². The monoisotopic (exact) mass is 315 g/mol. The molecule has 1 aromatic carbocycles. The highest BCUT2D eigenvalue weighted by atomic mass is 32.2. The minimum atomic E-state index is -3.56. The van der Waals surface area contributed by atoms with Gasteiger partial charge in [0.05, 0.1) is 11.5 Å². The van der Waals surface area contributed by atoms with Crippen LogP contribution in [0.1, 0.15) is 5.56 Å². The fourth-order valence-electron chi connectivity index (χ4n) is 1.67. The summed E-state index contributed by atoms with van der Waals surface area (Å²) < 4.78 is 30.3. The van der Waals surface area contributed by atoms with Crippen LogP contribution in [0.3, 0.4) is 0 Å². The molecule has 8 heteroatoms. The molecule has 3 N–H and O–H groups in total. The van der Waals surface area contributed by atoms with Gasteiger partial charge in [0.1, 0.15) is 6.04 Å². The number of nitrogens with zero attached hydrogens (tertiary/aromatic N) is 1. The molecule has 0 bridgehead atoms. The van der Waals surface area contributed by atoms with Crippen LogP contribution in [0.2, 0.25) is 0 Å². The molecule has 0 spiro atoms. The van der Waals surface area contributed by atoms with Crippen LogP contribution in [-0.4, -0.2) is 52.5 Å². The summed E-state index contributed by atoms with van der Waals surface area (Å²) in [5, 5.41) is 2.61. The minimum Gasteiger partial charge on any atom is -0.383 e. The summed E-state index contributed by atoms with van der Waals surface area (Å²) in [5.74, 6) is -0.395.